The molecule has 13 heteroatoms. The number of anilines is 1. The Morgan fingerprint density at radius 2 is 1.91 bits per heavy atom. The molecule has 11 nitrogen and oxygen atoms in total. The molecule has 1 aromatic carbocycles. The number of fused-ring (bicyclic) bond motifs is 1. The Morgan fingerprint density at radius 1 is 1.18 bits per heavy atom. The largest absolute Gasteiger partial charge is 0.393 e. The number of aryl methyl sites for hydroxylation is 1. The van der Waals surface area contributed by atoms with E-state index in [1.54, 1.807) is 41.7 Å². The quantitative estimate of drug-likeness (QED) is 0.234. The number of amides is 1. The molecule has 0 aliphatic heterocycles. The van der Waals surface area contributed by atoms with Crippen LogP contribution in [0.15, 0.2) is 63.8 Å². The molecule has 3 heterocycles. The molecule has 0 unspecified atom stereocenters. The van der Waals surface area contributed by atoms with E-state index in [2.05, 4.69) is 30.5 Å². The first kappa shape index (κ1) is 23.0. The molecule has 0 aliphatic rings. The van der Waals surface area contributed by atoms with Gasteiger partial charge in [-0.15, -0.1) is 10.2 Å². The Morgan fingerprint density at radius 3 is 2.56 bits per heavy atom. The molecular weight excluding hydrogens is 481 g/mol. The van der Waals surface area contributed by atoms with Crippen LogP contribution in [0, 0.1) is 6.92 Å². The Labute approximate surface area is 202 Å². The van der Waals surface area contributed by atoms with Gasteiger partial charge in [-0.3, -0.25) is 29.0 Å². The predicted octanol–water partition coefficient (Wildman–Crippen LogP) is 2.56. The van der Waals surface area contributed by atoms with Crippen LogP contribution in [0.1, 0.15) is 5.69 Å². The number of H-pyrrole nitrogens is 1. The predicted molar refractivity (Wildman–Crippen MR) is 130 cm³/mol. The van der Waals surface area contributed by atoms with Crippen molar-refractivity contribution in [2.75, 3.05) is 5.32 Å². The fourth-order valence-electron chi connectivity index (χ4n) is 3.06. The van der Waals surface area contributed by atoms with Gasteiger partial charge in [0.2, 0.25) is 5.78 Å². The summed E-state index contributed by atoms with van der Waals surface area (Å²) < 4.78 is 1.67. The number of benzene rings is 1. The van der Waals surface area contributed by atoms with Gasteiger partial charge in [-0.2, -0.15) is 0 Å². The molecule has 6 N–H and O–H groups in total. The van der Waals surface area contributed by atoms with E-state index in [-0.39, 0.29) is 17.0 Å². The molecule has 34 heavy (non-hydrogen) atoms. The number of aromatic nitrogens is 5. The van der Waals surface area contributed by atoms with Crippen molar-refractivity contribution in [1.29, 1.82) is 0 Å². The first-order chi connectivity index (χ1) is 16.2. The topological polar surface area (TPSA) is 169 Å². The van der Waals surface area contributed by atoms with Gasteiger partial charge in [0.25, 0.3) is 11.5 Å². The monoisotopic (exact) mass is 497 g/mol. The average Bonchev–Trinajstić information content (AvgIpc) is 3.22. The summed E-state index contributed by atoms with van der Waals surface area (Å²) in [7, 11) is 0. The maximum Gasteiger partial charge on any atom is 0.266 e. The van der Waals surface area contributed by atoms with Gasteiger partial charge in [0.05, 0.1) is 33.8 Å². The summed E-state index contributed by atoms with van der Waals surface area (Å²) in [4.78, 5) is 34.6. The van der Waals surface area contributed by atoms with Gasteiger partial charge in [0.15, 0.2) is 5.82 Å². The number of allylic oxidation sites excluding steroid dienone is 1. The van der Waals surface area contributed by atoms with E-state index < -0.39 is 5.91 Å². The highest BCUT2D eigenvalue weighted by Gasteiger charge is 2.13. The smallest absolute Gasteiger partial charge is 0.266 e. The van der Waals surface area contributed by atoms with Gasteiger partial charge < -0.3 is 16.8 Å². The van der Waals surface area contributed by atoms with Gasteiger partial charge in [0, 0.05) is 11.8 Å². The number of halogens is 2. The molecule has 0 bridgehead atoms. The van der Waals surface area contributed by atoms with Crippen molar-refractivity contribution in [3.05, 3.63) is 80.1 Å². The van der Waals surface area contributed by atoms with Crippen molar-refractivity contribution in [3.63, 3.8) is 0 Å². The first-order valence-corrected chi connectivity index (χ1v) is 10.5. The number of nitrogens with two attached hydrogens (primary N) is 2. The lowest BCUT2D eigenvalue weighted by atomic mass is 10.2. The number of aliphatic imine (C=N–C) groups is 1. The lowest BCUT2D eigenvalue weighted by molar-refractivity contribution is -0.114. The molecule has 4 aromatic rings. The third kappa shape index (κ3) is 4.60. The summed E-state index contributed by atoms with van der Waals surface area (Å²) in [5.74, 6) is -0.0984. The number of hydrogen-bond acceptors (Lipinski definition) is 8. The van der Waals surface area contributed by atoms with E-state index >= 15 is 0 Å². The molecule has 4 rings (SSSR count). The Kier molecular flexibility index (Phi) is 6.30. The summed E-state index contributed by atoms with van der Waals surface area (Å²) in [5.41, 5.74) is 12.8. The van der Waals surface area contributed by atoms with Gasteiger partial charge >= 0.3 is 0 Å². The van der Waals surface area contributed by atoms with Crippen LogP contribution in [-0.2, 0) is 4.79 Å². The molecule has 172 valence electrons. The normalized spacial score (nSPS) is 12.2. The van der Waals surface area contributed by atoms with E-state index in [0.717, 1.165) is 0 Å². The highest BCUT2D eigenvalue weighted by molar-refractivity contribution is 6.38. The van der Waals surface area contributed by atoms with E-state index in [1.165, 1.54) is 18.5 Å². The van der Waals surface area contributed by atoms with Crippen molar-refractivity contribution in [1.82, 2.24) is 24.6 Å². The number of carbonyl (C=O) groups excluding carboxylic acids is 1. The Bertz CT molecular complexity index is 1500. The minimum atomic E-state index is -0.844. The standard InChI is InChI=1S/C21H17Cl2N9O2/c1-10-7-16(33)29-21-31-30-20(32(10)21)14-6-5-11(8-26-14)28-15(17(24)19(25)34)9-27-18-12(22)3-2-4-13(18)23/h2-9,28H,24H2,1H3,(H2,25,34)(H,29,31,33). The van der Waals surface area contributed by atoms with Crippen LogP contribution in [0.5, 0.6) is 0 Å². The molecular formula is C21H17Cl2N9O2. The van der Waals surface area contributed by atoms with Crippen LogP contribution in [0.25, 0.3) is 17.3 Å². The van der Waals surface area contributed by atoms with Gasteiger partial charge in [-0.1, -0.05) is 29.3 Å². The highest BCUT2D eigenvalue weighted by Crippen LogP contribution is 2.32. The molecule has 0 fully saturated rings. The van der Waals surface area contributed by atoms with Crippen LogP contribution in [0.2, 0.25) is 10.0 Å². The van der Waals surface area contributed by atoms with Crippen molar-refractivity contribution in [3.8, 4) is 11.5 Å². The maximum absolute atomic E-state index is 11.7. The summed E-state index contributed by atoms with van der Waals surface area (Å²) in [6.07, 6.45) is 2.80. The number of primary amides is 1. The zero-order valence-electron chi connectivity index (χ0n) is 17.6. The lowest BCUT2D eigenvalue weighted by Crippen LogP contribution is -2.25. The number of carbonyl (C=O) groups is 1. The highest BCUT2D eigenvalue weighted by atomic mass is 35.5. The Balaban J connectivity index is 1.65. The molecule has 0 radical (unpaired) electrons. The second kappa shape index (κ2) is 9.33. The second-order valence-corrected chi connectivity index (χ2v) is 7.85. The summed E-state index contributed by atoms with van der Waals surface area (Å²) in [6, 6.07) is 9.75. The number of nitrogens with zero attached hydrogens (tertiary/aromatic N) is 5. The molecule has 0 aliphatic carbocycles. The van der Waals surface area contributed by atoms with Crippen LogP contribution in [-0.4, -0.2) is 36.7 Å². The number of rotatable bonds is 6. The van der Waals surface area contributed by atoms with Gasteiger partial charge in [-0.05, 0) is 31.2 Å². The number of aromatic amines is 1. The zero-order valence-corrected chi connectivity index (χ0v) is 19.1. The first-order valence-electron chi connectivity index (χ1n) is 9.70. The number of para-hydroxylation sites is 1. The molecule has 0 spiro atoms. The van der Waals surface area contributed by atoms with Gasteiger partial charge in [0.1, 0.15) is 17.1 Å². The van der Waals surface area contributed by atoms with Crippen LogP contribution >= 0.6 is 23.2 Å². The lowest BCUT2D eigenvalue weighted by Gasteiger charge is -2.10. The fraction of sp³-hybridized carbons (Fsp3) is 0.0476. The van der Waals surface area contributed by atoms with Crippen LogP contribution < -0.4 is 22.3 Å². The van der Waals surface area contributed by atoms with Crippen LogP contribution in [0.3, 0.4) is 0 Å². The van der Waals surface area contributed by atoms with Gasteiger partial charge in [-0.25, -0.2) is 0 Å². The van der Waals surface area contributed by atoms with Crippen molar-refractivity contribution < 1.29 is 4.79 Å². The minimum absolute atomic E-state index is 0.124. The minimum Gasteiger partial charge on any atom is -0.393 e. The molecule has 0 saturated carbocycles. The third-order valence-corrected chi connectivity index (χ3v) is 5.29. The number of hydrogen-bond donors (Lipinski definition) is 4. The van der Waals surface area contributed by atoms with Crippen molar-refractivity contribution in [2.45, 2.75) is 6.92 Å². The molecule has 0 atom stereocenters. The number of nitrogens with one attached hydrogen (secondary N) is 2. The maximum atomic E-state index is 11.7. The molecule has 0 saturated heterocycles. The summed E-state index contributed by atoms with van der Waals surface area (Å²) in [6.45, 7) is 1.76. The fourth-order valence-corrected chi connectivity index (χ4v) is 3.56. The van der Waals surface area contributed by atoms with E-state index in [0.29, 0.717) is 44.4 Å². The summed E-state index contributed by atoms with van der Waals surface area (Å²) >= 11 is 12.3. The van der Waals surface area contributed by atoms with Crippen molar-refractivity contribution >= 4 is 52.5 Å². The van der Waals surface area contributed by atoms with Crippen LogP contribution in [0.4, 0.5) is 11.4 Å². The third-order valence-electron chi connectivity index (χ3n) is 4.68. The SMILES string of the molecule is Cc1cc(=O)[nH]c2nnc(-c3ccc(NC(C=Nc4c(Cl)cccc4Cl)=C(N)C(N)=O)cn3)n12. The molecule has 3 aromatic heterocycles. The van der Waals surface area contributed by atoms with Crippen molar-refractivity contribution in [2.24, 2.45) is 16.5 Å². The Hall–Kier alpha value is -4.22. The van der Waals surface area contributed by atoms with E-state index in [4.69, 9.17) is 34.7 Å². The zero-order chi connectivity index (χ0) is 24.4. The van der Waals surface area contributed by atoms with E-state index in [1.807, 2.05) is 0 Å². The average molecular weight is 498 g/mol. The summed E-state index contributed by atoms with van der Waals surface area (Å²) in [5, 5.41) is 11.7. The number of pyridine rings is 1. The van der Waals surface area contributed by atoms with E-state index in [9.17, 15) is 9.59 Å². The second-order valence-electron chi connectivity index (χ2n) is 7.03. The molecule has 1 amide bonds.